The van der Waals surface area contributed by atoms with E-state index in [0.29, 0.717) is 25.9 Å². The Bertz CT molecular complexity index is 589. The summed E-state index contributed by atoms with van der Waals surface area (Å²) >= 11 is 0. The number of hydrogen-bond donors (Lipinski definition) is 2. The van der Waals surface area contributed by atoms with Crippen LogP contribution in [0.3, 0.4) is 0 Å². The van der Waals surface area contributed by atoms with Gasteiger partial charge in [0.15, 0.2) is 6.29 Å². The molecule has 1 fully saturated rings. The zero-order chi connectivity index (χ0) is 23.6. The molecule has 178 valence electrons. The smallest absolute Gasteiger partial charge is 0.330 e. The fourth-order valence-corrected chi connectivity index (χ4v) is 2.84. The molecule has 2 rings (SSSR count). The summed E-state index contributed by atoms with van der Waals surface area (Å²) in [5.41, 5.74) is 1.13. The molecule has 1 aromatic rings. The first-order valence-electron chi connectivity index (χ1n) is 11.5. The molecule has 0 spiro atoms. The van der Waals surface area contributed by atoms with Crippen LogP contribution >= 0.6 is 0 Å². The summed E-state index contributed by atoms with van der Waals surface area (Å²) in [4.78, 5) is 11.7. The van der Waals surface area contributed by atoms with Crippen molar-refractivity contribution < 1.29 is 29.2 Å². The summed E-state index contributed by atoms with van der Waals surface area (Å²) in [6, 6.07) is 9.87. The van der Waals surface area contributed by atoms with Crippen LogP contribution in [0.5, 0.6) is 0 Å². The first-order chi connectivity index (χ1) is 15.0. The molecule has 0 unspecified atom stereocenters. The zero-order valence-electron chi connectivity index (χ0n) is 20.0. The van der Waals surface area contributed by atoms with Gasteiger partial charge in [0.2, 0.25) is 0 Å². The van der Waals surface area contributed by atoms with Crippen molar-refractivity contribution in [3.63, 3.8) is 0 Å². The third-order valence-corrected chi connectivity index (χ3v) is 4.53. The number of carbonyl (C=O) groups is 1. The molecule has 6 nitrogen and oxygen atoms in total. The molecule has 1 aliphatic rings. The van der Waals surface area contributed by atoms with Gasteiger partial charge < -0.3 is 24.4 Å². The van der Waals surface area contributed by atoms with E-state index in [1.165, 1.54) is 6.08 Å². The Kier molecular flexibility index (Phi) is 16.9. The van der Waals surface area contributed by atoms with E-state index in [9.17, 15) is 15.0 Å². The maximum atomic E-state index is 11.7. The number of benzene rings is 1. The van der Waals surface area contributed by atoms with Gasteiger partial charge in [-0.05, 0) is 32.3 Å². The molecular weight excluding hydrogens is 396 g/mol. The van der Waals surface area contributed by atoms with E-state index in [2.05, 4.69) is 0 Å². The zero-order valence-corrected chi connectivity index (χ0v) is 20.0. The molecule has 1 aromatic carbocycles. The number of rotatable bonds is 9. The quantitative estimate of drug-likeness (QED) is 0.438. The van der Waals surface area contributed by atoms with E-state index in [0.717, 1.165) is 5.56 Å². The van der Waals surface area contributed by atoms with E-state index >= 15 is 0 Å². The molecule has 2 N–H and O–H groups in total. The van der Waals surface area contributed by atoms with Crippen LogP contribution in [0.15, 0.2) is 42.5 Å². The van der Waals surface area contributed by atoms with Gasteiger partial charge in [-0.25, -0.2) is 4.79 Å². The average Bonchev–Trinajstić information content (AvgIpc) is 2.78. The maximum Gasteiger partial charge on any atom is 0.330 e. The van der Waals surface area contributed by atoms with Gasteiger partial charge in [-0.3, -0.25) is 0 Å². The minimum atomic E-state index is -0.839. The van der Waals surface area contributed by atoms with Crippen molar-refractivity contribution >= 4 is 5.97 Å². The van der Waals surface area contributed by atoms with E-state index in [-0.39, 0.29) is 24.6 Å². The van der Waals surface area contributed by atoms with Crippen molar-refractivity contribution in [2.24, 2.45) is 0 Å². The number of carbonyl (C=O) groups excluding carboxylic acids is 1. The second-order valence-corrected chi connectivity index (χ2v) is 6.91. The van der Waals surface area contributed by atoms with Gasteiger partial charge in [0.1, 0.15) is 6.10 Å². The Labute approximate surface area is 188 Å². The average molecular weight is 439 g/mol. The van der Waals surface area contributed by atoms with Crippen molar-refractivity contribution in [1.29, 1.82) is 0 Å². The highest BCUT2D eigenvalue weighted by Crippen LogP contribution is 2.22. The van der Waals surface area contributed by atoms with Crippen molar-refractivity contribution in [3.05, 3.63) is 48.0 Å². The minimum absolute atomic E-state index is 0.147. The summed E-state index contributed by atoms with van der Waals surface area (Å²) in [6.45, 7) is 12.0. The largest absolute Gasteiger partial charge is 0.462 e. The lowest BCUT2D eigenvalue weighted by atomic mass is 10.0. The molecule has 0 bridgehead atoms. The molecule has 5 atom stereocenters. The van der Waals surface area contributed by atoms with Crippen LogP contribution < -0.4 is 0 Å². The van der Waals surface area contributed by atoms with Crippen LogP contribution in [0.2, 0.25) is 0 Å². The fraction of sp³-hybridized carbons (Fsp3) is 0.640. The first kappa shape index (κ1) is 29.3. The van der Waals surface area contributed by atoms with Gasteiger partial charge in [-0.2, -0.15) is 0 Å². The Balaban J connectivity index is 0.00000212. The number of aliphatic hydroxyl groups excluding tert-OH is 2. The molecule has 0 aliphatic carbocycles. The predicted octanol–water partition coefficient (Wildman–Crippen LogP) is 4.42. The second-order valence-electron chi connectivity index (χ2n) is 6.91. The molecule has 0 aromatic heterocycles. The minimum Gasteiger partial charge on any atom is -0.462 e. The second kappa shape index (κ2) is 17.9. The summed E-state index contributed by atoms with van der Waals surface area (Å²) in [5, 5.41) is 19.6. The van der Waals surface area contributed by atoms with Crippen LogP contribution in [-0.4, -0.2) is 53.5 Å². The summed E-state index contributed by atoms with van der Waals surface area (Å²) in [6.07, 6.45) is 2.70. The van der Waals surface area contributed by atoms with Crippen molar-refractivity contribution in [2.75, 3.05) is 6.61 Å². The van der Waals surface area contributed by atoms with E-state index in [4.69, 9.17) is 14.2 Å². The standard InChI is InChI=1S/C21H30O6.2C2H6/c1-15(26-21-19(23)14-18(22)16(2)27-21)8-6-7-11-20(24)25-13-12-17-9-4-3-5-10-17;2*1-2/h3-5,7,9-11,15-16,18-19,21-23H,6,8,12-14H2,1-2H3;2*1-2H3/b11-7+;;/t15-,16+,18-,19-,21-;;/m1../s1. The number of aliphatic hydroxyl groups is 2. The number of esters is 1. The van der Waals surface area contributed by atoms with Gasteiger partial charge in [0.05, 0.1) is 24.9 Å². The number of ether oxygens (including phenoxy) is 3. The molecule has 0 radical (unpaired) electrons. The van der Waals surface area contributed by atoms with Gasteiger partial charge in [-0.15, -0.1) is 0 Å². The molecule has 31 heavy (non-hydrogen) atoms. The molecular formula is C25H42O6. The molecule has 1 saturated heterocycles. The van der Waals surface area contributed by atoms with E-state index in [1.807, 2.05) is 65.0 Å². The summed E-state index contributed by atoms with van der Waals surface area (Å²) < 4.78 is 16.4. The lowest BCUT2D eigenvalue weighted by molar-refractivity contribution is -0.273. The molecule has 1 heterocycles. The van der Waals surface area contributed by atoms with Crippen LogP contribution in [0.4, 0.5) is 0 Å². The highest BCUT2D eigenvalue weighted by atomic mass is 16.7. The van der Waals surface area contributed by atoms with Gasteiger partial charge in [-0.1, -0.05) is 64.1 Å². The fourth-order valence-electron chi connectivity index (χ4n) is 2.84. The Morgan fingerprint density at radius 2 is 1.81 bits per heavy atom. The van der Waals surface area contributed by atoms with Crippen LogP contribution in [0.1, 0.15) is 66.4 Å². The normalized spacial score (nSPS) is 23.7. The highest BCUT2D eigenvalue weighted by Gasteiger charge is 2.35. The highest BCUT2D eigenvalue weighted by molar-refractivity contribution is 5.81. The number of hydrogen-bond acceptors (Lipinski definition) is 6. The summed E-state index contributed by atoms with van der Waals surface area (Å²) in [7, 11) is 0. The Morgan fingerprint density at radius 3 is 2.45 bits per heavy atom. The third kappa shape index (κ3) is 12.7. The lowest BCUT2D eigenvalue weighted by Gasteiger charge is -2.36. The Morgan fingerprint density at radius 1 is 1.16 bits per heavy atom. The first-order valence-corrected chi connectivity index (χ1v) is 11.5. The third-order valence-electron chi connectivity index (χ3n) is 4.53. The van der Waals surface area contributed by atoms with Gasteiger partial charge in [0.25, 0.3) is 0 Å². The molecule has 1 aliphatic heterocycles. The van der Waals surface area contributed by atoms with Crippen LogP contribution in [-0.2, 0) is 25.4 Å². The van der Waals surface area contributed by atoms with Gasteiger partial charge in [0, 0.05) is 18.9 Å². The number of allylic oxidation sites excluding steroid dienone is 1. The molecule has 6 heteroatoms. The van der Waals surface area contributed by atoms with Crippen LogP contribution in [0.25, 0.3) is 0 Å². The van der Waals surface area contributed by atoms with Gasteiger partial charge >= 0.3 is 5.97 Å². The van der Waals surface area contributed by atoms with E-state index in [1.54, 1.807) is 13.0 Å². The van der Waals surface area contributed by atoms with Crippen molar-refractivity contribution in [3.8, 4) is 0 Å². The maximum absolute atomic E-state index is 11.7. The summed E-state index contributed by atoms with van der Waals surface area (Å²) in [5.74, 6) is -0.353. The van der Waals surface area contributed by atoms with Crippen molar-refractivity contribution in [1.82, 2.24) is 0 Å². The van der Waals surface area contributed by atoms with E-state index < -0.39 is 18.5 Å². The molecule has 0 saturated carbocycles. The van der Waals surface area contributed by atoms with Crippen LogP contribution in [0, 0.1) is 0 Å². The Hall–Kier alpha value is -1.73. The lowest BCUT2D eigenvalue weighted by Crippen LogP contribution is -2.48. The monoisotopic (exact) mass is 438 g/mol. The topological polar surface area (TPSA) is 85.2 Å². The molecule has 0 amide bonds. The van der Waals surface area contributed by atoms with Crippen molar-refractivity contribution in [2.45, 2.75) is 97.9 Å². The SMILES string of the molecule is CC.CC.C[C@H](CC/C=C/C(=O)OCCc1ccccc1)O[C@@H]1O[C@@H](C)[C@H](O)C[C@H]1O. The predicted molar refractivity (Wildman–Crippen MR) is 124 cm³/mol.